The first-order chi connectivity index (χ1) is 14.5. The normalized spacial score (nSPS) is 16.8. The SMILES string of the molecule is O=C(Cc1coc2ccc(CN3CC[C@@H](O)C3)cc2c1=O)NCc1ccc(Cl)cc1. The number of β-amino-alcohol motifs (C(OH)–C–C–N with tert-alkyl or cyclic N) is 1. The van der Waals surface area contributed by atoms with Crippen LogP contribution in [0, 0.1) is 0 Å². The quantitative estimate of drug-likeness (QED) is 0.633. The zero-order chi connectivity index (χ0) is 21.1. The van der Waals surface area contributed by atoms with E-state index in [1.807, 2.05) is 24.3 Å². The average Bonchev–Trinajstić information content (AvgIpc) is 3.14. The third-order valence-corrected chi connectivity index (χ3v) is 5.57. The number of nitrogens with zero attached hydrogens (tertiary/aromatic N) is 1. The second kappa shape index (κ2) is 9.00. The highest BCUT2D eigenvalue weighted by Gasteiger charge is 2.20. The van der Waals surface area contributed by atoms with E-state index in [0.29, 0.717) is 41.2 Å². The fourth-order valence-corrected chi connectivity index (χ4v) is 3.82. The number of fused-ring (bicyclic) bond motifs is 1. The second-order valence-electron chi connectivity index (χ2n) is 7.68. The van der Waals surface area contributed by atoms with E-state index in [-0.39, 0.29) is 23.9 Å². The maximum atomic E-state index is 12.9. The minimum absolute atomic E-state index is 0.0472. The summed E-state index contributed by atoms with van der Waals surface area (Å²) in [6, 6.07) is 12.7. The average molecular weight is 427 g/mol. The van der Waals surface area contributed by atoms with Crippen LogP contribution < -0.4 is 10.7 Å². The van der Waals surface area contributed by atoms with E-state index in [0.717, 1.165) is 24.1 Å². The first kappa shape index (κ1) is 20.6. The smallest absolute Gasteiger partial charge is 0.224 e. The summed E-state index contributed by atoms with van der Waals surface area (Å²) in [6.45, 7) is 2.50. The fraction of sp³-hybridized carbons (Fsp3) is 0.304. The van der Waals surface area contributed by atoms with E-state index >= 15 is 0 Å². The number of carbonyl (C=O) groups is 1. The largest absolute Gasteiger partial charge is 0.464 e. The van der Waals surface area contributed by atoms with Crippen LogP contribution in [-0.2, 0) is 24.3 Å². The molecule has 156 valence electrons. The molecule has 1 atom stereocenters. The van der Waals surface area contributed by atoms with Crippen LogP contribution in [0.15, 0.2) is 57.9 Å². The molecule has 1 saturated heterocycles. The van der Waals surface area contributed by atoms with Gasteiger partial charge in [-0.25, -0.2) is 0 Å². The van der Waals surface area contributed by atoms with Crippen molar-refractivity contribution in [1.29, 1.82) is 0 Å². The molecule has 4 rings (SSSR count). The molecule has 1 fully saturated rings. The lowest BCUT2D eigenvalue weighted by Crippen LogP contribution is -2.27. The van der Waals surface area contributed by atoms with Crippen LogP contribution in [0.25, 0.3) is 11.0 Å². The molecule has 0 unspecified atom stereocenters. The predicted octanol–water partition coefficient (Wildman–Crippen LogP) is 2.87. The molecule has 0 bridgehead atoms. The van der Waals surface area contributed by atoms with Crippen LogP contribution in [0.4, 0.5) is 0 Å². The van der Waals surface area contributed by atoms with Crippen LogP contribution in [0.3, 0.4) is 0 Å². The highest BCUT2D eigenvalue weighted by Crippen LogP contribution is 2.18. The summed E-state index contributed by atoms with van der Waals surface area (Å²) in [5, 5.41) is 13.6. The molecule has 6 nitrogen and oxygen atoms in total. The molecular weight excluding hydrogens is 404 g/mol. The lowest BCUT2D eigenvalue weighted by molar-refractivity contribution is -0.120. The third-order valence-electron chi connectivity index (χ3n) is 5.32. The summed E-state index contributed by atoms with van der Waals surface area (Å²) < 4.78 is 5.59. The molecule has 2 aromatic carbocycles. The summed E-state index contributed by atoms with van der Waals surface area (Å²) in [6.07, 6.45) is 1.80. The van der Waals surface area contributed by atoms with Gasteiger partial charge in [0, 0.05) is 36.8 Å². The van der Waals surface area contributed by atoms with Crippen molar-refractivity contribution in [3.63, 3.8) is 0 Å². The molecule has 2 N–H and O–H groups in total. The molecule has 0 saturated carbocycles. The van der Waals surface area contributed by atoms with Crippen molar-refractivity contribution in [2.45, 2.75) is 32.0 Å². The van der Waals surface area contributed by atoms with Crippen molar-refractivity contribution >= 4 is 28.5 Å². The Morgan fingerprint density at radius 2 is 1.97 bits per heavy atom. The van der Waals surface area contributed by atoms with Crippen LogP contribution in [0.5, 0.6) is 0 Å². The number of aliphatic hydroxyl groups excluding tert-OH is 1. The summed E-state index contributed by atoms with van der Waals surface area (Å²) >= 11 is 5.87. The minimum Gasteiger partial charge on any atom is -0.464 e. The molecule has 0 aliphatic carbocycles. The van der Waals surface area contributed by atoms with Crippen molar-refractivity contribution in [1.82, 2.24) is 10.2 Å². The molecule has 1 aliphatic rings. The van der Waals surface area contributed by atoms with E-state index in [1.54, 1.807) is 18.2 Å². The number of likely N-dealkylation sites (tertiary alicyclic amines) is 1. The molecule has 0 radical (unpaired) electrons. The Hall–Kier alpha value is -2.67. The Bertz CT molecular complexity index is 1110. The van der Waals surface area contributed by atoms with Gasteiger partial charge >= 0.3 is 0 Å². The molecule has 1 aromatic heterocycles. The minimum atomic E-state index is -0.284. The second-order valence-corrected chi connectivity index (χ2v) is 8.11. The van der Waals surface area contributed by atoms with E-state index < -0.39 is 0 Å². The van der Waals surface area contributed by atoms with Gasteiger partial charge in [-0.05, 0) is 41.8 Å². The summed E-state index contributed by atoms with van der Waals surface area (Å²) in [4.78, 5) is 27.4. The Balaban J connectivity index is 1.45. The van der Waals surface area contributed by atoms with Crippen LogP contribution >= 0.6 is 11.6 Å². The van der Waals surface area contributed by atoms with Gasteiger partial charge in [0.2, 0.25) is 5.91 Å². The highest BCUT2D eigenvalue weighted by atomic mass is 35.5. The molecule has 7 heteroatoms. The molecule has 1 aliphatic heterocycles. The zero-order valence-corrected chi connectivity index (χ0v) is 17.2. The Morgan fingerprint density at radius 1 is 1.20 bits per heavy atom. The zero-order valence-electron chi connectivity index (χ0n) is 16.4. The van der Waals surface area contributed by atoms with E-state index in [4.69, 9.17) is 16.0 Å². The van der Waals surface area contributed by atoms with Gasteiger partial charge < -0.3 is 14.8 Å². The number of benzene rings is 2. The number of carbonyl (C=O) groups excluding carboxylic acids is 1. The van der Waals surface area contributed by atoms with Gasteiger partial charge in [0.1, 0.15) is 5.58 Å². The third kappa shape index (κ3) is 4.90. The first-order valence-corrected chi connectivity index (χ1v) is 10.3. The number of hydrogen-bond acceptors (Lipinski definition) is 5. The monoisotopic (exact) mass is 426 g/mol. The molecule has 30 heavy (non-hydrogen) atoms. The molecule has 2 heterocycles. The van der Waals surface area contributed by atoms with Gasteiger partial charge in [0.05, 0.1) is 24.2 Å². The number of hydrogen-bond donors (Lipinski definition) is 2. The lowest BCUT2D eigenvalue weighted by Gasteiger charge is -2.15. The van der Waals surface area contributed by atoms with Crippen LogP contribution in [0.1, 0.15) is 23.1 Å². The number of rotatable bonds is 6. The molecule has 3 aromatic rings. The highest BCUT2D eigenvalue weighted by molar-refractivity contribution is 6.30. The van der Waals surface area contributed by atoms with Gasteiger partial charge in [-0.2, -0.15) is 0 Å². The standard InChI is InChI=1S/C23H23ClN2O4/c24-18-4-1-15(2-5-18)11-25-22(28)10-17-14-30-21-6-3-16(9-20(21)23(17)29)12-26-8-7-19(27)13-26/h1-6,9,14,19,27H,7-8,10-13H2,(H,25,28)/t19-/m1/s1. The van der Waals surface area contributed by atoms with E-state index in [2.05, 4.69) is 10.2 Å². The van der Waals surface area contributed by atoms with Gasteiger partial charge in [0.25, 0.3) is 0 Å². The topological polar surface area (TPSA) is 82.8 Å². The number of aliphatic hydroxyl groups is 1. The Kier molecular flexibility index (Phi) is 6.18. The van der Waals surface area contributed by atoms with Crippen molar-refractivity contribution in [2.24, 2.45) is 0 Å². The van der Waals surface area contributed by atoms with Gasteiger partial charge in [-0.15, -0.1) is 0 Å². The summed E-state index contributed by atoms with van der Waals surface area (Å²) in [5.74, 6) is -0.251. The van der Waals surface area contributed by atoms with Crippen LogP contribution in [-0.4, -0.2) is 35.1 Å². The number of nitrogens with one attached hydrogen (secondary N) is 1. The van der Waals surface area contributed by atoms with Crippen molar-refractivity contribution < 1.29 is 14.3 Å². The lowest BCUT2D eigenvalue weighted by atomic mass is 10.1. The molecule has 1 amide bonds. The van der Waals surface area contributed by atoms with Gasteiger partial charge in [0.15, 0.2) is 5.43 Å². The molecular formula is C23H23ClN2O4. The van der Waals surface area contributed by atoms with E-state index in [1.165, 1.54) is 6.26 Å². The summed E-state index contributed by atoms with van der Waals surface area (Å²) in [5.41, 5.74) is 2.53. The van der Waals surface area contributed by atoms with Crippen molar-refractivity contribution in [3.05, 3.63) is 80.7 Å². The van der Waals surface area contributed by atoms with Crippen molar-refractivity contribution in [2.75, 3.05) is 13.1 Å². The Morgan fingerprint density at radius 3 is 2.70 bits per heavy atom. The Labute approximate surface area is 179 Å². The molecule has 0 spiro atoms. The maximum Gasteiger partial charge on any atom is 0.224 e. The van der Waals surface area contributed by atoms with Gasteiger partial charge in [-0.3, -0.25) is 14.5 Å². The predicted molar refractivity (Wildman–Crippen MR) is 115 cm³/mol. The van der Waals surface area contributed by atoms with Gasteiger partial charge in [-0.1, -0.05) is 29.8 Å². The van der Waals surface area contributed by atoms with E-state index in [9.17, 15) is 14.7 Å². The van der Waals surface area contributed by atoms with Crippen LogP contribution in [0.2, 0.25) is 5.02 Å². The first-order valence-electron chi connectivity index (χ1n) is 9.93. The summed E-state index contributed by atoms with van der Waals surface area (Å²) in [7, 11) is 0. The number of amides is 1. The fourth-order valence-electron chi connectivity index (χ4n) is 3.69. The number of halogens is 1. The maximum absolute atomic E-state index is 12.9. The van der Waals surface area contributed by atoms with Crippen molar-refractivity contribution in [3.8, 4) is 0 Å².